The highest BCUT2D eigenvalue weighted by atomic mass is 35.5. The van der Waals surface area contributed by atoms with Crippen molar-refractivity contribution in [3.8, 4) is 5.75 Å². The number of halogens is 2. The van der Waals surface area contributed by atoms with Crippen LogP contribution in [0.4, 0.5) is 0 Å². The summed E-state index contributed by atoms with van der Waals surface area (Å²) in [7, 11) is 0. The van der Waals surface area contributed by atoms with Crippen LogP contribution < -0.4 is 10.1 Å². The summed E-state index contributed by atoms with van der Waals surface area (Å²) in [5.74, 6) is 0.657. The normalized spacial score (nSPS) is 13.2. The lowest BCUT2D eigenvalue weighted by molar-refractivity contribution is 0.222. The van der Waals surface area contributed by atoms with Gasteiger partial charge in [0, 0.05) is 23.8 Å². The Labute approximate surface area is 170 Å². The molecule has 0 spiro atoms. The molecule has 0 bridgehead atoms. The fourth-order valence-electron chi connectivity index (χ4n) is 2.78. The first-order valence-electron chi connectivity index (χ1n) is 8.88. The molecule has 140 valence electrons. The maximum absolute atomic E-state index is 6.32. The van der Waals surface area contributed by atoms with Gasteiger partial charge in [-0.25, -0.2) is 0 Å². The second-order valence-corrected chi connectivity index (χ2v) is 7.28. The van der Waals surface area contributed by atoms with Crippen molar-refractivity contribution in [3.05, 3.63) is 93.7 Å². The predicted octanol–water partition coefficient (Wildman–Crippen LogP) is 6.38. The number of pyridine rings is 1. The third-order valence-electron chi connectivity index (χ3n) is 4.36. The maximum Gasteiger partial charge on any atom is 0.139 e. The molecule has 3 nitrogen and oxygen atoms in total. The van der Waals surface area contributed by atoms with E-state index in [0.29, 0.717) is 17.3 Å². The number of benzene rings is 2. The zero-order valence-corrected chi connectivity index (χ0v) is 16.8. The standard InChI is InChI=1S/C22H22Cl2N2O/c1-15(18-6-5-7-19(23)13-18)26-14-17-9-10-20(24)22(12-17)27-16(2)21-8-3-4-11-25-21/h3-13,15-16,26H,14H2,1-2H3. The monoisotopic (exact) mass is 400 g/mol. The van der Waals surface area contributed by atoms with Crippen LogP contribution in [0.3, 0.4) is 0 Å². The van der Waals surface area contributed by atoms with Crippen molar-refractivity contribution < 1.29 is 4.74 Å². The molecule has 3 aromatic rings. The molecule has 5 heteroatoms. The average Bonchev–Trinajstić information content (AvgIpc) is 2.69. The molecule has 1 heterocycles. The molecule has 0 saturated carbocycles. The van der Waals surface area contributed by atoms with E-state index in [1.54, 1.807) is 6.20 Å². The zero-order chi connectivity index (χ0) is 19.2. The number of nitrogens with zero attached hydrogens (tertiary/aromatic N) is 1. The number of hydrogen-bond acceptors (Lipinski definition) is 3. The van der Waals surface area contributed by atoms with Gasteiger partial charge < -0.3 is 10.1 Å². The average molecular weight is 401 g/mol. The minimum atomic E-state index is -0.183. The van der Waals surface area contributed by atoms with Crippen molar-refractivity contribution in [2.75, 3.05) is 0 Å². The van der Waals surface area contributed by atoms with Crippen LogP contribution in [0.5, 0.6) is 5.75 Å². The van der Waals surface area contributed by atoms with Crippen LogP contribution in [-0.4, -0.2) is 4.98 Å². The Hall–Kier alpha value is -2.07. The molecule has 27 heavy (non-hydrogen) atoms. The van der Waals surface area contributed by atoms with Crippen molar-refractivity contribution in [1.29, 1.82) is 0 Å². The molecule has 0 aliphatic rings. The van der Waals surface area contributed by atoms with Crippen molar-refractivity contribution in [1.82, 2.24) is 10.3 Å². The van der Waals surface area contributed by atoms with Crippen LogP contribution in [0.1, 0.15) is 42.8 Å². The molecule has 0 saturated heterocycles. The fraction of sp³-hybridized carbons (Fsp3) is 0.227. The van der Waals surface area contributed by atoms with E-state index in [1.807, 2.05) is 61.5 Å². The third kappa shape index (κ3) is 5.46. The second-order valence-electron chi connectivity index (χ2n) is 6.44. The van der Waals surface area contributed by atoms with Crippen LogP contribution in [0.25, 0.3) is 0 Å². The van der Waals surface area contributed by atoms with Gasteiger partial charge in [0.25, 0.3) is 0 Å². The Kier molecular flexibility index (Phi) is 6.73. The topological polar surface area (TPSA) is 34.1 Å². The lowest BCUT2D eigenvalue weighted by atomic mass is 10.1. The molecule has 0 amide bonds. The Bertz CT molecular complexity index is 886. The molecular formula is C22H22Cl2N2O. The molecule has 3 rings (SSSR count). The number of hydrogen-bond donors (Lipinski definition) is 1. The van der Waals surface area contributed by atoms with Crippen LogP contribution >= 0.6 is 23.2 Å². The molecular weight excluding hydrogens is 379 g/mol. The van der Waals surface area contributed by atoms with Gasteiger partial charge in [0.15, 0.2) is 0 Å². The van der Waals surface area contributed by atoms with Crippen molar-refractivity contribution in [3.63, 3.8) is 0 Å². The van der Waals surface area contributed by atoms with Crippen LogP contribution in [-0.2, 0) is 6.54 Å². The third-order valence-corrected chi connectivity index (χ3v) is 4.91. The van der Waals surface area contributed by atoms with Crippen LogP contribution in [0.2, 0.25) is 10.0 Å². The summed E-state index contributed by atoms with van der Waals surface area (Å²) in [5.41, 5.74) is 3.11. The second kappa shape index (κ2) is 9.23. The van der Waals surface area contributed by atoms with Gasteiger partial charge in [0.2, 0.25) is 0 Å². The molecule has 0 fully saturated rings. The summed E-state index contributed by atoms with van der Waals surface area (Å²) >= 11 is 12.4. The Morgan fingerprint density at radius 2 is 1.85 bits per heavy atom. The first kappa shape index (κ1) is 19.7. The number of aromatic nitrogens is 1. The van der Waals surface area contributed by atoms with E-state index in [0.717, 1.165) is 21.8 Å². The summed E-state index contributed by atoms with van der Waals surface area (Å²) < 4.78 is 6.04. The van der Waals surface area contributed by atoms with Gasteiger partial charge in [0.05, 0.1) is 10.7 Å². The molecule has 2 atom stereocenters. The van der Waals surface area contributed by atoms with Gasteiger partial charge in [-0.1, -0.05) is 47.5 Å². The van der Waals surface area contributed by atoms with Gasteiger partial charge in [0.1, 0.15) is 11.9 Å². The summed E-state index contributed by atoms with van der Waals surface area (Å²) in [6.07, 6.45) is 1.58. The highest BCUT2D eigenvalue weighted by Crippen LogP contribution is 2.30. The first-order valence-corrected chi connectivity index (χ1v) is 9.63. The molecule has 2 unspecified atom stereocenters. The molecule has 0 radical (unpaired) electrons. The van der Waals surface area contributed by atoms with Crippen molar-refractivity contribution >= 4 is 23.2 Å². The minimum absolute atomic E-state index is 0.177. The van der Waals surface area contributed by atoms with Gasteiger partial charge in [-0.3, -0.25) is 4.98 Å². The lowest BCUT2D eigenvalue weighted by Crippen LogP contribution is -2.18. The SMILES string of the molecule is CC(NCc1ccc(Cl)c(OC(C)c2ccccn2)c1)c1cccc(Cl)c1. The Morgan fingerprint density at radius 1 is 1.00 bits per heavy atom. The highest BCUT2D eigenvalue weighted by molar-refractivity contribution is 6.32. The largest absolute Gasteiger partial charge is 0.483 e. The predicted molar refractivity (Wildman–Crippen MR) is 111 cm³/mol. The van der Waals surface area contributed by atoms with E-state index in [-0.39, 0.29) is 12.1 Å². The van der Waals surface area contributed by atoms with Gasteiger partial charge in [-0.05, 0) is 61.4 Å². The van der Waals surface area contributed by atoms with Crippen molar-refractivity contribution in [2.45, 2.75) is 32.5 Å². The zero-order valence-electron chi connectivity index (χ0n) is 15.3. The van der Waals surface area contributed by atoms with E-state index in [9.17, 15) is 0 Å². The van der Waals surface area contributed by atoms with E-state index in [2.05, 4.69) is 23.3 Å². The van der Waals surface area contributed by atoms with E-state index in [1.165, 1.54) is 0 Å². The smallest absolute Gasteiger partial charge is 0.139 e. The lowest BCUT2D eigenvalue weighted by Gasteiger charge is -2.18. The van der Waals surface area contributed by atoms with Crippen LogP contribution in [0.15, 0.2) is 66.9 Å². The van der Waals surface area contributed by atoms with Crippen LogP contribution in [0, 0.1) is 0 Å². The molecule has 0 aliphatic carbocycles. The Balaban J connectivity index is 1.66. The quantitative estimate of drug-likeness (QED) is 0.499. The van der Waals surface area contributed by atoms with Gasteiger partial charge in [-0.15, -0.1) is 0 Å². The molecule has 2 aromatic carbocycles. The summed E-state index contributed by atoms with van der Waals surface area (Å²) in [4.78, 5) is 4.34. The summed E-state index contributed by atoms with van der Waals surface area (Å²) in [6.45, 7) is 4.77. The van der Waals surface area contributed by atoms with Gasteiger partial charge in [-0.2, -0.15) is 0 Å². The maximum atomic E-state index is 6.32. The summed E-state index contributed by atoms with van der Waals surface area (Å²) in [6, 6.07) is 19.7. The minimum Gasteiger partial charge on any atom is -0.483 e. The van der Waals surface area contributed by atoms with E-state index < -0.39 is 0 Å². The molecule has 0 aliphatic heterocycles. The van der Waals surface area contributed by atoms with E-state index in [4.69, 9.17) is 27.9 Å². The molecule has 1 aromatic heterocycles. The number of nitrogens with one attached hydrogen (secondary N) is 1. The first-order chi connectivity index (χ1) is 13.0. The number of rotatable bonds is 7. The summed E-state index contributed by atoms with van der Waals surface area (Å²) in [5, 5.41) is 4.83. The number of ether oxygens (including phenoxy) is 1. The highest BCUT2D eigenvalue weighted by Gasteiger charge is 2.12. The molecule has 1 N–H and O–H groups in total. The fourth-order valence-corrected chi connectivity index (χ4v) is 3.14. The van der Waals surface area contributed by atoms with Gasteiger partial charge >= 0.3 is 0 Å². The van der Waals surface area contributed by atoms with E-state index >= 15 is 0 Å². The Morgan fingerprint density at radius 3 is 2.59 bits per heavy atom. The van der Waals surface area contributed by atoms with Crippen molar-refractivity contribution in [2.24, 2.45) is 0 Å².